The first-order valence-electron chi connectivity index (χ1n) is 5.67. The number of ether oxygens (including phenoxy) is 1. The van der Waals surface area contributed by atoms with Gasteiger partial charge in [0, 0.05) is 18.9 Å². The summed E-state index contributed by atoms with van der Waals surface area (Å²) < 4.78 is 5.36. The molecule has 1 aromatic heterocycles. The summed E-state index contributed by atoms with van der Waals surface area (Å²) in [4.78, 5) is 20.7. The second-order valence-corrected chi connectivity index (χ2v) is 3.91. The zero-order valence-corrected chi connectivity index (χ0v) is 9.50. The fourth-order valence-electron chi connectivity index (χ4n) is 1.86. The molecule has 6 nitrogen and oxygen atoms in total. The molecular formula is C11H15N3O3. The van der Waals surface area contributed by atoms with E-state index in [0.29, 0.717) is 6.61 Å². The number of carboxylic acid groups (broad SMARTS) is 1. The number of likely N-dealkylation sites (tertiary alicyclic amines) is 1. The summed E-state index contributed by atoms with van der Waals surface area (Å²) in [5.74, 6) is -1.02. The molecule has 17 heavy (non-hydrogen) atoms. The molecule has 0 saturated carbocycles. The van der Waals surface area contributed by atoms with Crippen molar-refractivity contribution >= 4 is 5.97 Å². The number of carboxylic acids is 1. The number of carbonyl (C=O) groups is 1. The first-order valence-corrected chi connectivity index (χ1v) is 5.67. The molecule has 0 spiro atoms. The molecule has 2 heterocycles. The smallest absolute Gasteiger partial charge is 0.360 e. The van der Waals surface area contributed by atoms with Gasteiger partial charge < -0.3 is 9.84 Å². The lowest BCUT2D eigenvalue weighted by atomic mass is 10.4. The lowest BCUT2D eigenvalue weighted by Crippen LogP contribution is -2.25. The third kappa shape index (κ3) is 3.13. The number of hydrogen-bond donors (Lipinski definition) is 1. The number of aromatic carboxylic acids is 1. The van der Waals surface area contributed by atoms with Crippen molar-refractivity contribution in [3.8, 4) is 5.88 Å². The van der Waals surface area contributed by atoms with Gasteiger partial charge in [-0.05, 0) is 25.9 Å². The van der Waals surface area contributed by atoms with Crippen LogP contribution in [0.4, 0.5) is 0 Å². The minimum Gasteiger partial charge on any atom is -0.476 e. The van der Waals surface area contributed by atoms with Gasteiger partial charge in [-0.25, -0.2) is 14.8 Å². The zero-order valence-electron chi connectivity index (χ0n) is 9.50. The van der Waals surface area contributed by atoms with E-state index in [9.17, 15) is 4.79 Å². The molecule has 0 amide bonds. The number of rotatable bonds is 5. The number of aromatic nitrogens is 2. The molecule has 1 fully saturated rings. The maximum atomic E-state index is 10.8. The maximum absolute atomic E-state index is 10.8. The average Bonchev–Trinajstić information content (AvgIpc) is 2.82. The van der Waals surface area contributed by atoms with Crippen LogP contribution in [0, 0.1) is 0 Å². The topological polar surface area (TPSA) is 75.5 Å². The van der Waals surface area contributed by atoms with Gasteiger partial charge in [-0.1, -0.05) is 0 Å². The monoisotopic (exact) mass is 237 g/mol. The summed E-state index contributed by atoms with van der Waals surface area (Å²) in [5.41, 5.74) is -0.131. The van der Waals surface area contributed by atoms with Gasteiger partial charge in [0.25, 0.3) is 0 Å². The van der Waals surface area contributed by atoms with E-state index in [4.69, 9.17) is 9.84 Å². The van der Waals surface area contributed by atoms with Crippen LogP contribution in [0.15, 0.2) is 12.4 Å². The summed E-state index contributed by atoms with van der Waals surface area (Å²) in [5, 5.41) is 8.88. The van der Waals surface area contributed by atoms with E-state index in [0.717, 1.165) is 19.6 Å². The van der Waals surface area contributed by atoms with E-state index in [1.54, 1.807) is 0 Å². The van der Waals surface area contributed by atoms with Crippen LogP contribution in [0.3, 0.4) is 0 Å². The lowest BCUT2D eigenvalue weighted by molar-refractivity contribution is 0.0683. The standard InChI is InChI=1S/C11H15N3O3/c15-11(16)9-10(13-4-3-12-9)17-8-7-14-5-1-2-6-14/h3-4H,1-2,5-8H2,(H,15,16). The Morgan fingerprint density at radius 3 is 2.76 bits per heavy atom. The highest BCUT2D eigenvalue weighted by molar-refractivity contribution is 5.87. The van der Waals surface area contributed by atoms with Crippen LogP contribution in [0.5, 0.6) is 5.88 Å². The van der Waals surface area contributed by atoms with Crippen LogP contribution in [0.1, 0.15) is 23.3 Å². The summed E-state index contributed by atoms with van der Waals surface area (Å²) >= 11 is 0. The van der Waals surface area contributed by atoms with Crippen molar-refractivity contribution in [2.45, 2.75) is 12.8 Å². The summed E-state index contributed by atoms with van der Waals surface area (Å²) in [6.45, 7) is 3.43. The maximum Gasteiger partial charge on any atom is 0.360 e. The van der Waals surface area contributed by atoms with E-state index in [1.807, 2.05) is 0 Å². The Morgan fingerprint density at radius 2 is 2.06 bits per heavy atom. The van der Waals surface area contributed by atoms with Crippen molar-refractivity contribution in [2.75, 3.05) is 26.2 Å². The highest BCUT2D eigenvalue weighted by Crippen LogP contribution is 2.12. The Balaban J connectivity index is 1.87. The lowest BCUT2D eigenvalue weighted by Gasteiger charge is -2.14. The van der Waals surface area contributed by atoms with Gasteiger partial charge in [0.1, 0.15) is 6.61 Å². The molecule has 1 aliphatic rings. The Morgan fingerprint density at radius 1 is 1.35 bits per heavy atom. The van der Waals surface area contributed by atoms with Gasteiger partial charge >= 0.3 is 5.97 Å². The van der Waals surface area contributed by atoms with Crippen molar-refractivity contribution < 1.29 is 14.6 Å². The van der Waals surface area contributed by atoms with Crippen LogP contribution in [-0.4, -0.2) is 52.2 Å². The minimum atomic E-state index is -1.12. The van der Waals surface area contributed by atoms with E-state index in [2.05, 4.69) is 14.9 Å². The van der Waals surface area contributed by atoms with Gasteiger partial charge in [0.2, 0.25) is 11.6 Å². The molecule has 0 bridgehead atoms. The first-order chi connectivity index (χ1) is 8.27. The molecule has 0 atom stereocenters. The normalized spacial score (nSPS) is 16.0. The average molecular weight is 237 g/mol. The van der Waals surface area contributed by atoms with Crippen molar-refractivity contribution in [2.24, 2.45) is 0 Å². The highest BCUT2D eigenvalue weighted by atomic mass is 16.5. The van der Waals surface area contributed by atoms with Crippen molar-refractivity contribution in [1.82, 2.24) is 14.9 Å². The molecule has 2 rings (SSSR count). The second kappa shape index (κ2) is 5.58. The third-order valence-electron chi connectivity index (χ3n) is 2.71. The molecular weight excluding hydrogens is 222 g/mol. The van der Waals surface area contributed by atoms with Crippen molar-refractivity contribution in [1.29, 1.82) is 0 Å². The van der Waals surface area contributed by atoms with Gasteiger partial charge in [-0.3, -0.25) is 4.90 Å². The Bertz CT molecular complexity index is 391. The van der Waals surface area contributed by atoms with E-state index >= 15 is 0 Å². The zero-order chi connectivity index (χ0) is 12.1. The van der Waals surface area contributed by atoms with Crippen LogP contribution in [0.2, 0.25) is 0 Å². The van der Waals surface area contributed by atoms with Crippen LogP contribution in [0.25, 0.3) is 0 Å². The van der Waals surface area contributed by atoms with E-state index < -0.39 is 5.97 Å². The van der Waals surface area contributed by atoms with Crippen LogP contribution in [-0.2, 0) is 0 Å². The highest BCUT2D eigenvalue weighted by Gasteiger charge is 2.15. The Hall–Kier alpha value is -1.69. The molecule has 0 aliphatic carbocycles. The predicted octanol–water partition coefficient (Wildman–Crippen LogP) is 0.649. The molecule has 0 aromatic carbocycles. The summed E-state index contributed by atoms with van der Waals surface area (Å²) in [7, 11) is 0. The molecule has 6 heteroatoms. The molecule has 1 aliphatic heterocycles. The van der Waals surface area contributed by atoms with Gasteiger partial charge in [0.15, 0.2) is 0 Å². The van der Waals surface area contributed by atoms with Gasteiger partial charge in [0.05, 0.1) is 0 Å². The SMILES string of the molecule is O=C(O)c1nccnc1OCCN1CCCC1. The summed E-state index contributed by atoms with van der Waals surface area (Å²) in [6, 6.07) is 0. The summed E-state index contributed by atoms with van der Waals surface area (Å²) in [6.07, 6.45) is 5.23. The molecule has 92 valence electrons. The van der Waals surface area contributed by atoms with E-state index in [-0.39, 0.29) is 11.6 Å². The minimum absolute atomic E-state index is 0.0965. The van der Waals surface area contributed by atoms with Crippen LogP contribution >= 0.6 is 0 Å². The second-order valence-electron chi connectivity index (χ2n) is 3.91. The molecule has 0 unspecified atom stereocenters. The number of nitrogens with zero attached hydrogens (tertiary/aromatic N) is 3. The van der Waals surface area contributed by atoms with Crippen molar-refractivity contribution in [3.63, 3.8) is 0 Å². The Labute approximate surface area is 99.2 Å². The molecule has 1 N–H and O–H groups in total. The molecule has 0 radical (unpaired) electrons. The van der Waals surface area contributed by atoms with Crippen molar-refractivity contribution in [3.05, 3.63) is 18.1 Å². The largest absolute Gasteiger partial charge is 0.476 e. The number of hydrogen-bond acceptors (Lipinski definition) is 5. The van der Waals surface area contributed by atoms with Gasteiger partial charge in [-0.2, -0.15) is 0 Å². The molecule has 1 aromatic rings. The molecule has 1 saturated heterocycles. The first kappa shape index (κ1) is 11.8. The van der Waals surface area contributed by atoms with Gasteiger partial charge in [-0.15, -0.1) is 0 Å². The van der Waals surface area contributed by atoms with E-state index in [1.165, 1.54) is 25.2 Å². The fraction of sp³-hybridized carbons (Fsp3) is 0.545. The predicted molar refractivity (Wildman–Crippen MR) is 60.2 cm³/mol. The quantitative estimate of drug-likeness (QED) is 0.810. The Kier molecular flexibility index (Phi) is 3.87. The fourth-order valence-corrected chi connectivity index (χ4v) is 1.86. The third-order valence-corrected chi connectivity index (χ3v) is 2.71. The van der Waals surface area contributed by atoms with Crippen LogP contribution < -0.4 is 4.74 Å².